The van der Waals surface area contributed by atoms with E-state index in [1.807, 2.05) is 33.8 Å². The SMILES string of the molecule is CCOc1ccccc1N(CC(=O)N(Cc1cccc(OC)c1)C(CC)C(=O)NC(C)C)S(=O)(=O)c1ccc(C)cc1. The predicted molar refractivity (Wildman–Crippen MR) is 164 cm³/mol. The van der Waals surface area contributed by atoms with Crippen LogP contribution in [0.3, 0.4) is 0 Å². The summed E-state index contributed by atoms with van der Waals surface area (Å²) in [5, 5.41) is 2.90. The molecule has 0 aliphatic heterocycles. The molecule has 0 aliphatic rings. The fourth-order valence-corrected chi connectivity index (χ4v) is 5.98. The fourth-order valence-electron chi connectivity index (χ4n) is 4.56. The van der Waals surface area contributed by atoms with Gasteiger partial charge < -0.3 is 19.7 Å². The number of anilines is 1. The Kier molecular flexibility index (Phi) is 11.4. The first-order chi connectivity index (χ1) is 20.0. The van der Waals surface area contributed by atoms with Gasteiger partial charge in [0.15, 0.2) is 0 Å². The van der Waals surface area contributed by atoms with Crippen molar-refractivity contribution >= 4 is 27.5 Å². The molecule has 0 fully saturated rings. The van der Waals surface area contributed by atoms with Crippen LogP contribution in [0.2, 0.25) is 0 Å². The molecule has 0 aromatic heterocycles. The van der Waals surface area contributed by atoms with Gasteiger partial charge in [-0.3, -0.25) is 13.9 Å². The maximum absolute atomic E-state index is 14.2. The van der Waals surface area contributed by atoms with Crippen LogP contribution >= 0.6 is 0 Å². The van der Waals surface area contributed by atoms with Gasteiger partial charge in [-0.2, -0.15) is 0 Å². The van der Waals surface area contributed by atoms with E-state index in [2.05, 4.69) is 5.32 Å². The Labute approximate surface area is 249 Å². The summed E-state index contributed by atoms with van der Waals surface area (Å²) < 4.78 is 40.4. The van der Waals surface area contributed by atoms with Gasteiger partial charge in [-0.05, 0) is 76.1 Å². The molecule has 1 unspecified atom stereocenters. The average Bonchev–Trinajstić information content (AvgIpc) is 2.96. The minimum absolute atomic E-state index is 0.0381. The number of para-hydroxylation sites is 2. The number of sulfonamides is 1. The van der Waals surface area contributed by atoms with Gasteiger partial charge in [0.25, 0.3) is 10.0 Å². The van der Waals surface area contributed by atoms with E-state index in [0.717, 1.165) is 15.4 Å². The molecule has 10 heteroatoms. The lowest BCUT2D eigenvalue weighted by Gasteiger charge is -2.34. The van der Waals surface area contributed by atoms with Gasteiger partial charge in [-0.1, -0.05) is 48.9 Å². The monoisotopic (exact) mass is 595 g/mol. The molecule has 226 valence electrons. The Bertz CT molecular complexity index is 1460. The van der Waals surface area contributed by atoms with Crippen LogP contribution in [0.5, 0.6) is 11.5 Å². The van der Waals surface area contributed by atoms with Gasteiger partial charge in [0, 0.05) is 12.6 Å². The maximum atomic E-state index is 14.2. The molecular weight excluding hydrogens is 554 g/mol. The standard InChI is InChI=1S/C32H41N3O6S/c1-7-28(32(37)33-23(3)4)34(21-25-12-11-13-26(20-25)40-6)31(36)22-35(29-14-9-10-15-30(29)41-8-2)42(38,39)27-18-16-24(5)17-19-27/h9-20,23,28H,7-8,21-22H2,1-6H3,(H,33,37). The third-order valence-corrected chi connectivity index (χ3v) is 8.40. The van der Waals surface area contributed by atoms with Crippen molar-refractivity contribution in [3.8, 4) is 11.5 Å². The number of nitrogens with zero attached hydrogens (tertiary/aromatic N) is 2. The zero-order valence-corrected chi connectivity index (χ0v) is 26.0. The lowest BCUT2D eigenvalue weighted by atomic mass is 10.1. The number of carbonyl (C=O) groups excluding carboxylic acids is 2. The second-order valence-electron chi connectivity index (χ2n) is 10.2. The Morgan fingerprint density at radius 1 is 0.952 bits per heavy atom. The fraction of sp³-hybridized carbons (Fsp3) is 0.375. The quantitative estimate of drug-likeness (QED) is 0.283. The molecule has 0 saturated carbocycles. The molecule has 0 saturated heterocycles. The first kappa shape index (κ1) is 32.5. The lowest BCUT2D eigenvalue weighted by Crippen LogP contribution is -2.53. The largest absolute Gasteiger partial charge is 0.497 e. The van der Waals surface area contributed by atoms with Gasteiger partial charge in [-0.25, -0.2) is 8.42 Å². The Morgan fingerprint density at radius 3 is 2.26 bits per heavy atom. The summed E-state index contributed by atoms with van der Waals surface area (Å²) in [7, 11) is -2.66. The zero-order valence-electron chi connectivity index (χ0n) is 25.2. The van der Waals surface area contributed by atoms with E-state index in [4.69, 9.17) is 9.47 Å². The van der Waals surface area contributed by atoms with Crippen molar-refractivity contribution in [2.45, 2.75) is 64.6 Å². The summed E-state index contributed by atoms with van der Waals surface area (Å²) in [6.07, 6.45) is 0.328. The van der Waals surface area contributed by atoms with E-state index >= 15 is 0 Å². The maximum Gasteiger partial charge on any atom is 0.264 e. The Morgan fingerprint density at radius 2 is 1.64 bits per heavy atom. The molecule has 0 bridgehead atoms. The number of rotatable bonds is 14. The van der Waals surface area contributed by atoms with Crippen molar-refractivity contribution in [1.29, 1.82) is 0 Å². The second kappa shape index (κ2) is 14.7. The molecule has 1 atom stereocenters. The molecule has 2 amide bonds. The number of hydrogen-bond acceptors (Lipinski definition) is 6. The summed E-state index contributed by atoms with van der Waals surface area (Å²) >= 11 is 0. The zero-order chi connectivity index (χ0) is 30.9. The van der Waals surface area contributed by atoms with E-state index in [1.165, 1.54) is 17.0 Å². The molecule has 42 heavy (non-hydrogen) atoms. The van der Waals surface area contributed by atoms with Gasteiger partial charge in [0.1, 0.15) is 24.1 Å². The smallest absolute Gasteiger partial charge is 0.264 e. The molecule has 1 N–H and O–H groups in total. The minimum Gasteiger partial charge on any atom is -0.497 e. The summed E-state index contributed by atoms with van der Waals surface area (Å²) in [4.78, 5) is 29.0. The van der Waals surface area contributed by atoms with Crippen LogP contribution in [-0.2, 0) is 26.2 Å². The first-order valence-electron chi connectivity index (χ1n) is 14.1. The van der Waals surface area contributed by atoms with Gasteiger partial charge in [0.2, 0.25) is 11.8 Å². The number of aryl methyl sites for hydroxylation is 1. The van der Waals surface area contributed by atoms with Crippen LogP contribution in [0.4, 0.5) is 5.69 Å². The van der Waals surface area contributed by atoms with Gasteiger partial charge in [-0.15, -0.1) is 0 Å². The minimum atomic E-state index is -4.21. The number of amides is 2. The van der Waals surface area contributed by atoms with Crippen LogP contribution < -0.4 is 19.1 Å². The van der Waals surface area contributed by atoms with E-state index in [9.17, 15) is 18.0 Å². The number of methoxy groups -OCH3 is 1. The predicted octanol–water partition coefficient (Wildman–Crippen LogP) is 4.93. The average molecular weight is 596 g/mol. The van der Waals surface area contributed by atoms with Crippen molar-refractivity contribution in [2.24, 2.45) is 0 Å². The summed E-state index contributed by atoms with van der Waals surface area (Å²) in [6, 6.07) is 19.4. The number of carbonyl (C=O) groups is 2. The van der Waals surface area contributed by atoms with Crippen molar-refractivity contribution in [3.63, 3.8) is 0 Å². The number of nitrogens with one attached hydrogen (secondary N) is 1. The highest BCUT2D eigenvalue weighted by molar-refractivity contribution is 7.92. The highest BCUT2D eigenvalue weighted by Gasteiger charge is 2.35. The first-order valence-corrected chi connectivity index (χ1v) is 15.5. The molecule has 3 rings (SSSR count). The topological polar surface area (TPSA) is 105 Å². The molecule has 0 spiro atoms. The summed E-state index contributed by atoms with van der Waals surface area (Å²) in [5.41, 5.74) is 1.87. The van der Waals surface area contributed by atoms with Crippen molar-refractivity contribution in [1.82, 2.24) is 10.2 Å². The van der Waals surface area contributed by atoms with E-state index in [1.54, 1.807) is 68.6 Å². The van der Waals surface area contributed by atoms with Gasteiger partial charge in [0.05, 0.1) is 24.3 Å². The van der Waals surface area contributed by atoms with Crippen LogP contribution in [0.25, 0.3) is 0 Å². The molecule has 3 aromatic carbocycles. The molecule has 9 nitrogen and oxygen atoms in total. The highest BCUT2D eigenvalue weighted by atomic mass is 32.2. The summed E-state index contributed by atoms with van der Waals surface area (Å²) in [5.74, 6) is 0.0817. The normalized spacial score (nSPS) is 12.0. The molecule has 0 aliphatic carbocycles. The van der Waals surface area contributed by atoms with Crippen LogP contribution in [0, 0.1) is 6.92 Å². The van der Waals surface area contributed by atoms with Crippen molar-refractivity contribution in [3.05, 3.63) is 83.9 Å². The molecule has 3 aromatic rings. The Balaban J connectivity index is 2.12. The summed E-state index contributed by atoms with van der Waals surface area (Å²) in [6.45, 7) is 9.02. The van der Waals surface area contributed by atoms with Crippen molar-refractivity contribution < 1.29 is 27.5 Å². The Hall–Kier alpha value is -4.05. The molecule has 0 heterocycles. The third-order valence-electron chi connectivity index (χ3n) is 6.63. The highest BCUT2D eigenvalue weighted by Crippen LogP contribution is 2.33. The van der Waals surface area contributed by atoms with E-state index in [0.29, 0.717) is 24.5 Å². The van der Waals surface area contributed by atoms with E-state index < -0.39 is 28.5 Å². The number of ether oxygens (including phenoxy) is 2. The molecular formula is C32H41N3O6S. The lowest BCUT2D eigenvalue weighted by molar-refractivity contribution is -0.140. The van der Waals surface area contributed by atoms with Crippen LogP contribution in [0.15, 0.2) is 77.7 Å². The van der Waals surface area contributed by atoms with E-state index in [-0.39, 0.29) is 29.1 Å². The number of hydrogen-bond donors (Lipinski definition) is 1. The second-order valence-corrected chi connectivity index (χ2v) is 12.0. The molecule has 0 radical (unpaired) electrons. The number of benzene rings is 3. The van der Waals surface area contributed by atoms with Crippen LogP contribution in [-0.4, -0.2) is 57.5 Å². The third kappa shape index (κ3) is 8.03. The van der Waals surface area contributed by atoms with Crippen molar-refractivity contribution in [2.75, 3.05) is 24.6 Å². The van der Waals surface area contributed by atoms with Crippen LogP contribution in [0.1, 0.15) is 45.2 Å². The van der Waals surface area contributed by atoms with Gasteiger partial charge >= 0.3 is 0 Å².